The SMILES string of the molecule is SCCNc1ccc(-c2ccccc2)cc1. The Morgan fingerprint density at radius 1 is 0.812 bits per heavy atom. The number of hydrogen-bond donors (Lipinski definition) is 2. The molecule has 0 radical (unpaired) electrons. The highest BCUT2D eigenvalue weighted by atomic mass is 32.1. The number of nitrogens with one attached hydrogen (secondary N) is 1. The molecule has 0 amide bonds. The minimum atomic E-state index is 0.848. The summed E-state index contributed by atoms with van der Waals surface area (Å²) in [7, 11) is 0. The number of hydrogen-bond acceptors (Lipinski definition) is 2. The summed E-state index contributed by atoms with van der Waals surface area (Å²) in [5.74, 6) is 0.848. The van der Waals surface area contributed by atoms with Crippen LogP contribution in [-0.2, 0) is 0 Å². The first-order chi connectivity index (χ1) is 7.90. The number of anilines is 1. The van der Waals surface area contributed by atoms with Crippen LogP contribution in [0.4, 0.5) is 5.69 Å². The third-order valence-electron chi connectivity index (χ3n) is 2.43. The highest BCUT2D eigenvalue weighted by Crippen LogP contribution is 2.20. The normalized spacial score (nSPS) is 10.1. The van der Waals surface area contributed by atoms with Crippen molar-refractivity contribution in [3.8, 4) is 11.1 Å². The maximum Gasteiger partial charge on any atom is 0.0340 e. The monoisotopic (exact) mass is 229 g/mol. The molecule has 0 bridgehead atoms. The molecule has 0 aliphatic heterocycles. The molecule has 2 aromatic rings. The molecular weight excluding hydrogens is 214 g/mol. The van der Waals surface area contributed by atoms with Gasteiger partial charge in [-0.05, 0) is 23.3 Å². The fraction of sp³-hybridized carbons (Fsp3) is 0.143. The van der Waals surface area contributed by atoms with Crippen LogP contribution in [0.25, 0.3) is 11.1 Å². The summed E-state index contributed by atoms with van der Waals surface area (Å²) < 4.78 is 0. The first-order valence-corrected chi connectivity index (χ1v) is 6.03. The van der Waals surface area contributed by atoms with Crippen molar-refractivity contribution in [1.29, 1.82) is 0 Å². The summed E-state index contributed by atoms with van der Waals surface area (Å²) in [5.41, 5.74) is 3.65. The van der Waals surface area contributed by atoms with Crippen LogP contribution in [0.15, 0.2) is 54.6 Å². The van der Waals surface area contributed by atoms with E-state index in [2.05, 4.69) is 66.5 Å². The van der Waals surface area contributed by atoms with Gasteiger partial charge in [0.05, 0.1) is 0 Å². The van der Waals surface area contributed by atoms with Crippen LogP contribution in [0.2, 0.25) is 0 Å². The quantitative estimate of drug-likeness (QED) is 0.762. The van der Waals surface area contributed by atoms with Gasteiger partial charge in [-0.3, -0.25) is 0 Å². The van der Waals surface area contributed by atoms with E-state index < -0.39 is 0 Å². The Bertz CT molecular complexity index is 422. The minimum absolute atomic E-state index is 0.848. The Kier molecular flexibility index (Phi) is 3.89. The van der Waals surface area contributed by atoms with Crippen LogP contribution in [0.3, 0.4) is 0 Å². The van der Waals surface area contributed by atoms with Crippen LogP contribution >= 0.6 is 12.6 Å². The summed E-state index contributed by atoms with van der Waals surface area (Å²) >= 11 is 4.17. The Hall–Kier alpha value is -1.41. The topological polar surface area (TPSA) is 12.0 Å². The first-order valence-electron chi connectivity index (χ1n) is 5.40. The summed E-state index contributed by atoms with van der Waals surface area (Å²) in [6, 6.07) is 18.9. The molecule has 1 nitrogen and oxygen atoms in total. The average Bonchev–Trinajstić information content (AvgIpc) is 2.38. The second kappa shape index (κ2) is 5.61. The van der Waals surface area contributed by atoms with Crippen LogP contribution in [0.1, 0.15) is 0 Å². The fourth-order valence-electron chi connectivity index (χ4n) is 1.61. The predicted octanol–water partition coefficient (Wildman–Crippen LogP) is 3.70. The van der Waals surface area contributed by atoms with Crippen LogP contribution in [0, 0.1) is 0 Å². The molecule has 0 heterocycles. The van der Waals surface area contributed by atoms with Crippen molar-refractivity contribution in [2.45, 2.75) is 0 Å². The number of benzene rings is 2. The van der Waals surface area contributed by atoms with E-state index >= 15 is 0 Å². The molecule has 0 aliphatic rings. The average molecular weight is 229 g/mol. The molecule has 0 aromatic heterocycles. The van der Waals surface area contributed by atoms with Gasteiger partial charge in [-0.2, -0.15) is 12.6 Å². The molecule has 0 fully saturated rings. The lowest BCUT2D eigenvalue weighted by Crippen LogP contribution is -2.01. The van der Waals surface area contributed by atoms with Gasteiger partial charge in [0.25, 0.3) is 0 Å². The van der Waals surface area contributed by atoms with Crippen molar-refractivity contribution in [3.05, 3.63) is 54.6 Å². The Morgan fingerprint density at radius 3 is 2.06 bits per heavy atom. The van der Waals surface area contributed by atoms with Gasteiger partial charge in [0.2, 0.25) is 0 Å². The van der Waals surface area contributed by atoms with Crippen LogP contribution in [-0.4, -0.2) is 12.3 Å². The third kappa shape index (κ3) is 2.80. The van der Waals surface area contributed by atoms with E-state index in [1.54, 1.807) is 0 Å². The zero-order valence-corrected chi connectivity index (χ0v) is 9.95. The van der Waals surface area contributed by atoms with Gasteiger partial charge in [0, 0.05) is 18.0 Å². The second-order valence-corrected chi connectivity index (χ2v) is 4.04. The van der Waals surface area contributed by atoms with Gasteiger partial charge in [-0.25, -0.2) is 0 Å². The molecule has 0 aliphatic carbocycles. The van der Waals surface area contributed by atoms with E-state index in [0.717, 1.165) is 18.0 Å². The van der Waals surface area contributed by atoms with Crippen molar-refractivity contribution in [2.24, 2.45) is 0 Å². The van der Waals surface area contributed by atoms with Crippen molar-refractivity contribution >= 4 is 18.3 Å². The summed E-state index contributed by atoms with van der Waals surface area (Å²) in [5, 5.41) is 3.30. The van der Waals surface area contributed by atoms with Gasteiger partial charge in [0.15, 0.2) is 0 Å². The lowest BCUT2D eigenvalue weighted by Gasteiger charge is -2.06. The molecule has 1 N–H and O–H groups in total. The lowest BCUT2D eigenvalue weighted by atomic mass is 10.1. The highest BCUT2D eigenvalue weighted by molar-refractivity contribution is 7.80. The Morgan fingerprint density at radius 2 is 1.44 bits per heavy atom. The van der Waals surface area contributed by atoms with E-state index in [0.29, 0.717) is 0 Å². The number of rotatable bonds is 4. The summed E-state index contributed by atoms with van der Waals surface area (Å²) in [6.45, 7) is 0.897. The maximum absolute atomic E-state index is 4.17. The van der Waals surface area contributed by atoms with Gasteiger partial charge in [0.1, 0.15) is 0 Å². The van der Waals surface area contributed by atoms with E-state index in [-0.39, 0.29) is 0 Å². The largest absolute Gasteiger partial charge is 0.384 e. The Balaban J connectivity index is 2.13. The molecule has 82 valence electrons. The molecule has 0 unspecified atom stereocenters. The lowest BCUT2D eigenvalue weighted by molar-refractivity contribution is 1.23. The highest BCUT2D eigenvalue weighted by Gasteiger charge is 1.96. The van der Waals surface area contributed by atoms with Crippen molar-refractivity contribution in [3.63, 3.8) is 0 Å². The van der Waals surface area contributed by atoms with E-state index in [1.807, 2.05) is 6.07 Å². The first kappa shape index (κ1) is 11.1. The van der Waals surface area contributed by atoms with Crippen molar-refractivity contribution < 1.29 is 0 Å². The van der Waals surface area contributed by atoms with Gasteiger partial charge >= 0.3 is 0 Å². The van der Waals surface area contributed by atoms with E-state index in [4.69, 9.17) is 0 Å². The maximum atomic E-state index is 4.17. The molecule has 0 saturated carbocycles. The number of thiol groups is 1. The predicted molar refractivity (Wildman–Crippen MR) is 74.2 cm³/mol. The third-order valence-corrected chi connectivity index (χ3v) is 2.66. The molecule has 0 saturated heterocycles. The van der Waals surface area contributed by atoms with Gasteiger partial charge < -0.3 is 5.32 Å². The summed E-state index contributed by atoms with van der Waals surface area (Å²) in [6.07, 6.45) is 0. The standard InChI is InChI=1S/C14H15NS/c16-11-10-15-14-8-6-13(7-9-14)12-4-2-1-3-5-12/h1-9,15-16H,10-11H2. The van der Waals surface area contributed by atoms with Gasteiger partial charge in [-0.1, -0.05) is 42.5 Å². The smallest absolute Gasteiger partial charge is 0.0340 e. The molecular formula is C14H15NS. The van der Waals surface area contributed by atoms with E-state index in [1.165, 1.54) is 11.1 Å². The molecule has 2 heteroatoms. The minimum Gasteiger partial charge on any atom is -0.384 e. The molecule has 0 spiro atoms. The zero-order chi connectivity index (χ0) is 11.2. The Labute approximate surface area is 102 Å². The molecule has 16 heavy (non-hydrogen) atoms. The van der Waals surface area contributed by atoms with Crippen molar-refractivity contribution in [2.75, 3.05) is 17.6 Å². The molecule has 0 atom stereocenters. The van der Waals surface area contributed by atoms with Crippen molar-refractivity contribution in [1.82, 2.24) is 0 Å². The van der Waals surface area contributed by atoms with Gasteiger partial charge in [-0.15, -0.1) is 0 Å². The van der Waals surface area contributed by atoms with E-state index in [9.17, 15) is 0 Å². The molecule has 2 rings (SSSR count). The zero-order valence-electron chi connectivity index (χ0n) is 9.06. The second-order valence-electron chi connectivity index (χ2n) is 3.59. The molecule has 2 aromatic carbocycles. The fourth-order valence-corrected chi connectivity index (χ4v) is 1.72. The summed E-state index contributed by atoms with van der Waals surface area (Å²) in [4.78, 5) is 0. The van der Waals surface area contributed by atoms with Crippen LogP contribution in [0.5, 0.6) is 0 Å². The van der Waals surface area contributed by atoms with Crippen LogP contribution < -0.4 is 5.32 Å².